The first-order valence-electron chi connectivity index (χ1n) is 10.3. The van der Waals surface area contributed by atoms with Crippen LogP contribution < -0.4 is 4.90 Å². The maximum Gasteiger partial charge on any atom is 0.185 e. The molecule has 164 valence electrons. The molecule has 0 bridgehead atoms. The molecular formula is C23H24Cl2N2O2S2. The first kappa shape index (κ1) is 22.6. The van der Waals surface area contributed by atoms with Crippen molar-refractivity contribution in [3.05, 3.63) is 63.0 Å². The second-order valence-electron chi connectivity index (χ2n) is 7.83. The van der Waals surface area contributed by atoms with Crippen LogP contribution in [0.15, 0.2) is 46.7 Å². The maximum atomic E-state index is 13.2. The van der Waals surface area contributed by atoms with Crippen LogP contribution in [0.3, 0.4) is 0 Å². The van der Waals surface area contributed by atoms with Crippen LogP contribution in [0.1, 0.15) is 30.9 Å². The minimum Gasteiger partial charge on any atom is -0.348 e. The normalized spacial score (nSPS) is 15.4. The summed E-state index contributed by atoms with van der Waals surface area (Å²) in [5.41, 5.74) is 4.08. The fourth-order valence-corrected chi connectivity index (χ4v) is 7.30. The van der Waals surface area contributed by atoms with Gasteiger partial charge in [-0.3, -0.25) is 0 Å². The molecule has 1 fully saturated rings. The Balaban J connectivity index is 1.46. The van der Waals surface area contributed by atoms with Gasteiger partial charge in [0.1, 0.15) is 0 Å². The van der Waals surface area contributed by atoms with E-state index in [1.54, 1.807) is 24.3 Å². The Hall–Kier alpha value is -1.60. The van der Waals surface area contributed by atoms with Gasteiger partial charge >= 0.3 is 0 Å². The van der Waals surface area contributed by atoms with Crippen molar-refractivity contribution in [1.82, 2.24) is 4.98 Å². The van der Waals surface area contributed by atoms with Crippen LogP contribution in [0.4, 0.5) is 5.13 Å². The second kappa shape index (κ2) is 9.10. The van der Waals surface area contributed by atoms with Gasteiger partial charge in [0.05, 0.1) is 20.9 Å². The van der Waals surface area contributed by atoms with Crippen LogP contribution in [0.5, 0.6) is 0 Å². The summed E-state index contributed by atoms with van der Waals surface area (Å²) in [7, 11) is -3.52. The number of thiazole rings is 1. The zero-order valence-corrected chi connectivity index (χ0v) is 20.6. The van der Waals surface area contributed by atoms with Crippen molar-refractivity contribution in [3.8, 4) is 11.3 Å². The summed E-state index contributed by atoms with van der Waals surface area (Å²) in [6.45, 7) is 5.23. The van der Waals surface area contributed by atoms with Crippen LogP contribution in [0.25, 0.3) is 11.3 Å². The molecule has 1 saturated heterocycles. The van der Waals surface area contributed by atoms with Crippen molar-refractivity contribution >= 4 is 49.5 Å². The fourth-order valence-electron chi connectivity index (χ4n) is 3.84. The Morgan fingerprint density at radius 1 is 1.10 bits per heavy atom. The van der Waals surface area contributed by atoms with Crippen LogP contribution in [-0.4, -0.2) is 31.7 Å². The standard InChI is InChI=1S/C23H24Cl2N2O2S2/c1-3-16-4-6-17(7-5-16)21-14-30-23(26-21)27-10-8-18(9-11-27)31(28,29)22-12-15(2)19(24)13-20(22)25/h4-7,12-14,18H,3,8-11H2,1-2H3. The molecule has 31 heavy (non-hydrogen) atoms. The van der Waals surface area contributed by atoms with Gasteiger partial charge in [-0.15, -0.1) is 11.3 Å². The van der Waals surface area contributed by atoms with Gasteiger partial charge in [-0.05, 0) is 49.4 Å². The average molecular weight is 495 g/mol. The molecule has 0 spiro atoms. The van der Waals surface area contributed by atoms with Crippen LogP contribution in [0, 0.1) is 6.92 Å². The van der Waals surface area contributed by atoms with Crippen LogP contribution in [0.2, 0.25) is 10.0 Å². The van der Waals surface area contributed by atoms with Gasteiger partial charge in [0.25, 0.3) is 0 Å². The molecule has 0 amide bonds. The number of nitrogens with zero attached hydrogens (tertiary/aromatic N) is 2. The molecular weight excluding hydrogens is 471 g/mol. The Labute approximate surface area is 197 Å². The summed E-state index contributed by atoms with van der Waals surface area (Å²) < 4.78 is 26.4. The number of aryl methyl sites for hydroxylation is 2. The lowest BCUT2D eigenvalue weighted by molar-refractivity contribution is 0.529. The third kappa shape index (κ3) is 4.63. The fraction of sp³-hybridized carbons (Fsp3) is 0.348. The third-order valence-corrected chi connectivity index (χ3v) is 9.85. The quantitative estimate of drug-likeness (QED) is 0.409. The van der Waals surface area contributed by atoms with Crippen molar-refractivity contribution < 1.29 is 8.42 Å². The number of hydrogen-bond donors (Lipinski definition) is 0. The predicted molar refractivity (Wildman–Crippen MR) is 131 cm³/mol. The molecule has 4 rings (SSSR count). The van der Waals surface area contributed by atoms with Crippen LogP contribution in [-0.2, 0) is 16.3 Å². The lowest BCUT2D eigenvalue weighted by Gasteiger charge is -2.31. The van der Waals surface area contributed by atoms with Gasteiger partial charge in [0, 0.05) is 29.1 Å². The maximum absolute atomic E-state index is 13.2. The number of piperidine rings is 1. The number of anilines is 1. The van der Waals surface area contributed by atoms with E-state index in [0.29, 0.717) is 36.5 Å². The van der Waals surface area contributed by atoms with Gasteiger partial charge in [0.15, 0.2) is 15.0 Å². The summed E-state index contributed by atoms with van der Waals surface area (Å²) in [6.07, 6.45) is 2.10. The minimum atomic E-state index is -3.52. The second-order valence-corrected chi connectivity index (χ2v) is 11.7. The summed E-state index contributed by atoms with van der Waals surface area (Å²) in [5, 5.41) is 3.21. The predicted octanol–water partition coefficient (Wildman–Crippen LogP) is 6.43. The van der Waals surface area contributed by atoms with Gasteiger partial charge < -0.3 is 4.90 Å². The number of sulfone groups is 1. The highest BCUT2D eigenvalue weighted by molar-refractivity contribution is 7.92. The van der Waals surface area contributed by atoms with E-state index in [4.69, 9.17) is 28.2 Å². The molecule has 1 aliphatic heterocycles. The molecule has 0 unspecified atom stereocenters. The molecule has 0 saturated carbocycles. The van der Waals surface area contributed by atoms with Gasteiger partial charge in [-0.25, -0.2) is 13.4 Å². The van der Waals surface area contributed by atoms with Crippen molar-refractivity contribution in [1.29, 1.82) is 0 Å². The van der Waals surface area contributed by atoms with Crippen molar-refractivity contribution in [2.75, 3.05) is 18.0 Å². The summed E-state index contributed by atoms with van der Waals surface area (Å²) >= 11 is 13.9. The lowest BCUT2D eigenvalue weighted by Crippen LogP contribution is -2.39. The van der Waals surface area contributed by atoms with Gasteiger partial charge in [-0.2, -0.15) is 0 Å². The van der Waals surface area contributed by atoms with E-state index in [9.17, 15) is 8.42 Å². The van der Waals surface area contributed by atoms with E-state index in [2.05, 4.69) is 41.5 Å². The SMILES string of the molecule is CCc1ccc(-c2csc(N3CCC(S(=O)(=O)c4cc(C)c(Cl)cc4Cl)CC3)n2)cc1. The number of hydrogen-bond acceptors (Lipinski definition) is 5. The van der Waals surface area contributed by atoms with Crippen molar-refractivity contribution in [3.63, 3.8) is 0 Å². The Morgan fingerprint density at radius 2 is 1.77 bits per heavy atom. The average Bonchev–Trinajstić information content (AvgIpc) is 3.26. The van der Waals surface area contributed by atoms with Crippen molar-refractivity contribution in [2.45, 2.75) is 43.3 Å². The molecule has 8 heteroatoms. The zero-order valence-electron chi connectivity index (χ0n) is 17.4. The van der Waals surface area contributed by atoms with E-state index in [-0.39, 0.29) is 9.92 Å². The molecule has 0 atom stereocenters. The topological polar surface area (TPSA) is 50.3 Å². The Bertz CT molecular complexity index is 1180. The van der Waals surface area contributed by atoms with E-state index in [1.807, 2.05) is 0 Å². The first-order chi connectivity index (χ1) is 14.8. The van der Waals surface area contributed by atoms with Crippen LogP contribution >= 0.6 is 34.5 Å². The van der Waals surface area contributed by atoms with E-state index >= 15 is 0 Å². The molecule has 4 nitrogen and oxygen atoms in total. The molecule has 2 heterocycles. The highest BCUT2D eigenvalue weighted by atomic mass is 35.5. The lowest BCUT2D eigenvalue weighted by atomic mass is 10.1. The minimum absolute atomic E-state index is 0.182. The Kier molecular flexibility index (Phi) is 6.63. The van der Waals surface area contributed by atoms with Gasteiger partial charge in [0.2, 0.25) is 0 Å². The molecule has 3 aromatic rings. The third-order valence-electron chi connectivity index (χ3n) is 5.82. The largest absolute Gasteiger partial charge is 0.348 e. The Morgan fingerprint density at radius 3 is 2.42 bits per heavy atom. The molecule has 0 aliphatic carbocycles. The smallest absolute Gasteiger partial charge is 0.185 e. The van der Waals surface area contributed by atoms with Gasteiger partial charge in [-0.1, -0.05) is 54.4 Å². The number of rotatable bonds is 5. The number of aromatic nitrogens is 1. The molecule has 1 aromatic heterocycles. The van der Waals surface area contributed by atoms with Crippen molar-refractivity contribution in [2.24, 2.45) is 0 Å². The van der Waals surface area contributed by atoms with E-state index < -0.39 is 15.1 Å². The van der Waals surface area contributed by atoms with E-state index in [0.717, 1.165) is 22.8 Å². The highest BCUT2D eigenvalue weighted by Gasteiger charge is 2.33. The van der Waals surface area contributed by atoms with E-state index in [1.165, 1.54) is 11.6 Å². The summed E-state index contributed by atoms with van der Waals surface area (Å²) in [4.78, 5) is 7.16. The molecule has 1 aliphatic rings. The number of benzene rings is 2. The summed E-state index contributed by atoms with van der Waals surface area (Å²) in [6, 6.07) is 11.6. The molecule has 2 aromatic carbocycles. The summed E-state index contributed by atoms with van der Waals surface area (Å²) in [5.74, 6) is 0. The monoisotopic (exact) mass is 494 g/mol. The zero-order chi connectivity index (χ0) is 22.2. The first-order valence-corrected chi connectivity index (χ1v) is 13.5. The molecule has 0 N–H and O–H groups in total. The highest BCUT2D eigenvalue weighted by Crippen LogP contribution is 2.35. The number of halogens is 2. The molecule has 0 radical (unpaired) electrons.